The van der Waals surface area contributed by atoms with Crippen molar-refractivity contribution in [3.63, 3.8) is 0 Å². The highest BCUT2D eigenvalue weighted by Crippen LogP contribution is 2.27. The van der Waals surface area contributed by atoms with Gasteiger partial charge in [0.1, 0.15) is 5.75 Å². The van der Waals surface area contributed by atoms with E-state index in [0.717, 1.165) is 27.5 Å². The van der Waals surface area contributed by atoms with Crippen LogP contribution in [0.1, 0.15) is 22.8 Å². The summed E-state index contributed by atoms with van der Waals surface area (Å²) in [4.78, 5) is 17.5. The molecule has 0 aliphatic heterocycles. The lowest BCUT2D eigenvalue weighted by atomic mass is 10.1. The highest BCUT2D eigenvalue weighted by molar-refractivity contribution is 6.09. The van der Waals surface area contributed by atoms with Crippen molar-refractivity contribution in [1.82, 2.24) is 14.8 Å². The largest absolute Gasteiger partial charge is 0.497 e. The van der Waals surface area contributed by atoms with Crippen molar-refractivity contribution in [2.75, 3.05) is 12.4 Å². The first-order chi connectivity index (χ1) is 13.1. The van der Waals surface area contributed by atoms with Gasteiger partial charge in [-0.2, -0.15) is 5.10 Å². The van der Waals surface area contributed by atoms with Gasteiger partial charge in [-0.25, -0.2) is 9.67 Å². The van der Waals surface area contributed by atoms with Gasteiger partial charge in [-0.1, -0.05) is 17.7 Å². The van der Waals surface area contributed by atoms with Gasteiger partial charge >= 0.3 is 0 Å². The molecule has 0 radical (unpaired) electrons. The van der Waals surface area contributed by atoms with Crippen LogP contribution in [0, 0.1) is 6.92 Å². The normalized spacial score (nSPS) is 11.1. The smallest absolute Gasteiger partial charge is 0.257 e. The second-order valence-electron chi connectivity index (χ2n) is 6.41. The number of nitrogens with one attached hydrogen (secondary N) is 1. The molecule has 1 amide bonds. The molecule has 0 saturated carbocycles. The molecule has 2 aromatic carbocycles. The minimum Gasteiger partial charge on any atom is -0.497 e. The lowest BCUT2D eigenvalue weighted by Gasteiger charge is -2.05. The number of pyridine rings is 1. The molecule has 0 aliphatic rings. The van der Waals surface area contributed by atoms with Gasteiger partial charge in [0, 0.05) is 17.5 Å². The molecule has 27 heavy (non-hydrogen) atoms. The summed E-state index contributed by atoms with van der Waals surface area (Å²) in [5, 5.41) is 9.32. The monoisotopic (exact) mass is 360 g/mol. The molecule has 4 rings (SSSR count). The summed E-state index contributed by atoms with van der Waals surface area (Å²) in [5.41, 5.74) is 3.34. The quantitative estimate of drug-likeness (QED) is 0.593. The Bertz CT molecular complexity index is 1160. The van der Waals surface area contributed by atoms with Crippen molar-refractivity contribution in [3.8, 4) is 5.75 Å². The number of carbonyl (C=O) groups excluding carboxylic acids is 1. The van der Waals surface area contributed by atoms with Crippen LogP contribution >= 0.6 is 0 Å². The average molecular weight is 360 g/mol. The van der Waals surface area contributed by atoms with Crippen LogP contribution in [-0.4, -0.2) is 27.8 Å². The number of aromatic nitrogens is 3. The van der Waals surface area contributed by atoms with Crippen LogP contribution in [0.5, 0.6) is 5.75 Å². The van der Waals surface area contributed by atoms with Crippen LogP contribution < -0.4 is 10.1 Å². The van der Waals surface area contributed by atoms with Gasteiger partial charge in [-0.05, 0) is 50.2 Å². The second-order valence-corrected chi connectivity index (χ2v) is 6.41. The predicted octanol–water partition coefficient (Wildman–Crippen LogP) is 4.17. The van der Waals surface area contributed by atoms with Crippen molar-refractivity contribution in [3.05, 3.63) is 59.7 Å². The number of anilines is 1. The van der Waals surface area contributed by atoms with E-state index in [1.807, 2.05) is 32.0 Å². The maximum atomic E-state index is 12.7. The lowest BCUT2D eigenvalue weighted by molar-refractivity contribution is 0.102. The number of ether oxygens (including phenoxy) is 1. The summed E-state index contributed by atoms with van der Waals surface area (Å²) < 4.78 is 7.00. The Kier molecular flexibility index (Phi) is 4.24. The van der Waals surface area contributed by atoms with E-state index in [-0.39, 0.29) is 5.91 Å². The molecule has 0 atom stereocenters. The van der Waals surface area contributed by atoms with E-state index in [9.17, 15) is 4.79 Å². The second kappa shape index (κ2) is 6.72. The van der Waals surface area contributed by atoms with Crippen LogP contribution in [-0.2, 0) is 6.54 Å². The molecule has 136 valence electrons. The highest BCUT2D eigenvalue weighted by Gasteiger charge is 2.16. The van der Waals surface area contributed by atoms with Gasteiger partial charge in [0.15, 0.2) is 11.5 Å². The molecule has 0 spiro atoms. The standard InChI is InChI=1S/C21H20N4O2/c1-4-25-20-17(12-15-10-13(2)8-9-18(15)22-20)19(24-25)23-21(26)14-6-5-7-16(11-14)27-3/h5-12H,4H2,1-3H3,(H,23,24,26). The molecule has 0 unspecified atom stereocenters. The maximum absolute atomic E-state index is 12.7. The fraction of sp³-hybridized carbons (Fsp3) is 0.190. The van der Waals surface area contributed by atoms with E-state index in [0.29, 0.717) is 23.7 Å². The fourth-order valence-corrected chi connectivity index (χ4v) is 3.14. The summed E-state index contributed by atoms with van der Waals surface area (Å²) in [5.74, 6) is 0.909. The number of hydrogen-bond acceptors (Lipinski definition) is 4. The van der Waals surface area contributed by atoms with Crippen molar-refractivity contribution in [2.24, 2.45) is 0 Å². The first kappa shape index (κ1) is 17.0. The van der Waals surface area contributed by atoms with Crippen molar-refractivity contribution in [1.29, 1.82) is 0 Å². The molecule has 0 fully saturated rings. The minimum absolute atomic E-state index is 0.235. The zero-order valence-corrected chi connectivity index (χ0v) is 15.5. The first-order valence-corrected chi connectivity index (χ1v) is 8.82. The summed E-state index contributed by atoms with van der Waals surface area (Å²) in [6.07, 6.45) is 0. The van der Waals surface area contributed by atoms with E-state index >= 15 is 0 Å². The van der Waals surface area contributed by atoms with Crippen molar-refractivity contribution >= 4 is 33.7 Å². The number of hydrogen-bond donors (Lipinski definition) is 1. The van der Waals surface area contributed by atoms with Crippen LogP contribution in [0.3, 0.4) is 0 Å². The van der Waals surface area contributed by atoms with Crippen LogP contribution in [0.2, 0.25) is 0 Å². The fourth-order valence-electron chi connectivity index (χ4n) is 3.14. The Balaban J connectivity index is 1.79. The van der Waals surface area contributed by atoms with Gasteiger partial charge in [0.2, 0.25) is 0 Å². The van der Waals surface area contributed by atoms with E-state index in [2.05, 4.69) is 16.5 Å². The van der Waals surface area contributed by atoms with Crippen LogP contribution in [0.4, 0.5) is 5.82 Å². The summed E-state index contributed by atoms with van der Waals surface area (Å²) in [7, 11) is 1.58. The summed E-state index contributed by atoms with van der Waals surface area (Å²) in [6, 6.07) is 15.2. The molecular weight excluding hydrogens is 340 g/mol. The van der Waals surface area contributed by atoms with Gasteiger partial charge in [0.25, 0.3) is 5.91 Å². The average Bonchev–Trinajstić information content (AvgIpc) is 3.02. The third-order valence-electron chi connectivity index (χ3n) is 4.53. The van der Waals surface area contributed by atoms with E-state index in [1.54, 1.807) is 36.1 Å². The molecule has 0 bridgehead atoms. The predicted molar refractivity (Wildman–Crippen MR) is 106 cm³/mol. The van der Waals surface area contributed by atoms with Crippen LogP contribution in [0.25, 0.3) is 21.9 Å². The molecule has 0 aliphatic carbocycles. The Morgan fingerprint density at radius 1 is 1.19 bits per heavy atom. The number of amides is 1. The van der Waals surface area contributed by atoms with E-state index in [1.165, 1.54) is 0 Å². The topological polar surface area (TPSA) is 69.0 Å². The molecule has 2 aromatic heterocycles. The molecule has 4 aromatic rings. The zero-order chi connectivity index (χ0) is 19.0. The molecular formula is C21H20N4O2. The summed E-state index contributed by atoms with van der Waals surface area (Å²) in [6.45, 7) is 4.71. The van der Waals surface area contributed by atoms with Crippen molar-refractivity contribution in [2.45, 2.75) is 20.4 Å². The summed E-state index contributed by atoms with van der Waals surface area (Å²) >= 11 is 0. The Morgan fingerprint density at radius 2 is 2.04 bits per heavy atom. The van der Waals surface area contributed by atoms with Gasteiger partial charge < -0.3 is 10.1 Å². The maximum Gasteiger partial charge on any atom is 0.257 e. The van der Waals surface area contributed by atoms with E-state index < -0.39 is 0 Å². The third kappa shape index (κ3) is 3.10. The van der Waals surface area contributed by atoms with Gasteiger partial charge in [-0.3, -0.25) is 4.79 Å². The number of fused-ring (bicyclic) bond motifs is 2. The molecule has 0 saturated heterocycles. The third-order valence-corrected chi connectivity index (χ3v) is 4.53. The Labute approximate surface area is 156 Å². The number of benzene rings is 2. The number of rotatable bonds is 4. The van der Waals surface area contributed by atoms with Gasteiger partial charge in [-0.15, -0.1) is 0 Å². The Hall–Kier alpha value is -3.41. The SMILES string of the molecule is CCn1nc(NC(=O)c2cccc(OC)c2)c2cc3cc(C)ccc3nc21. The Morgan fingerprint density at radius 3 is 2.81 bits per heavy atom. The number of aryl methyl sites for hydroxylation is 2. The zero-order valence-electron chi connectivity index (χ0n) is 15.5. The van der Waals surface area contributed by atoms with Crippen LogP contribution in [0.15, 0.2) is 48.5 Å². The molecule has 2 heterocycles. The van der Waals surface area contributed by atoms with Gasteiger partial charge in [0.05, 0.1) is 18.0 Å². The lowest BCUT2D eigenvalue weighted by Crippen LogP contribution is -2.13. The number of nitrogens with zero attached hydrogens (tertiary/aromatic N) is 3. The number of methoxy groups -OCH3 is 1. The molecule has 6 nitrogen and oxygen atoms in total. The minimum atomic E-state index is -0.235. The van der Waals surface area contributed by atoms with E-state index in [4.69, 9.17) is 9.72 Å². The first-order valence-electron chi connectivity index (χ1n) is 8.82. The molecule has 1 N–H and O–H groups in total. The highest BCUT2D eigenvalue weighted by atomic mass is 16.5. The van der Waals surface area contributed by atoms with Crippen molar-refractivity contribution < 1.29 is 9.53 Å². The number of carbonyl (C=O) groups is 1. The molecule has 6 heteroatoms.